The predicted molar refractivity (Wildman–Crippen MR) is 132 cm³/mol. The van der Waals surface area contributed by atoms with Gasteiger partial charge in [-0.2, -0.15) is 18.2 Å². The second-order valence-electron chi connectivity index (χ2n) is 9.19. The second-order valence-corrected chi connectivity index (χ2v) is 9.19. The molecule has 9 nitrogen and oxygen atoms in total. The summed E-state index contributed by atoms with van der Waals surface area (Å²) in [6.07, 6.45) is -0.205. The first-order valence-corrected chi connectivity index (χ1v) is 12.0. The van der Waals surface area contributed by atoms with Gasteiger partial charge in [0.2, 0.25) is 5.76 Å². The summed E-state index contributed by atoms with van der Waals surface area (Å²) < 4.78 is 53.3. The molecule has 4 heterocycles. The highest BCUT2D eigenvalue weighted by molar-refractivity contribution is 6.04. The second kappa shape index (κ2) is 10.2. The number of alkyl halides is 3. The van der Waals surface area contributed by atoms with E-state index in [4.69, 9.17) is 9.15 Å². The highest BCUT2D eigenvalue weighted by Gasteiger charge is 2.42. The topological polar surface area (TPSA) is 102 Å². The third-order valence-electron chi connectivity index (χ3n) is 6.15. The number of pyridine rings is 1. The summed E-state index contributed by atoms with van der Waals surface area (Å²) in [5.41, 5.74) is -0.782. The van der Waals surface area contributed by atoms with Crippen LogP contribution in [0.5, 0.6) is 5.75 Å². The molecule has 0 saturated carbocycles. The number of nitrogens with one attached hydrogen (secondary N) is 1. The van der Waals surface area contributed by atoms with Crippen LogP contribution in [0.25, 0.3) is 11.0 Å². The van der Waals surface area contributed by atoms with Crippen molar-refractivity contribution in [3.05, 3.63) is 66.3 Å². The van der Waals surface area contributed by atoms with E-state index in [1.54, 1.807) is 52.1 Å². The number of benzene rings is 1. The number of ether oxygens (including phenoxy) is 1. The molecule has 0 bridgehead atoms. The normalized spacial score (nSPS) is 16.0. The van der Waals surface area contributed by atoms with Crippen molar-refractivity contribution in [2.45, 2.75) is 32.5 Å². The van der Waals surface area contributed by atoms with Crippen LogP contribution in [0, 0.1) is 5.92 Å². The van der Waals surface area contributed by atoms with Gasteiger partial charge in [0.05, 0.1) is 11.9 Å². The molecule has 1 aromatic carbocycles. The lowest BCUT2D eigenvalue weighted by atomic mass is 10.0. The lowest BCUT2D eigenvalue weighted by molar-refractivity contribution is -0.141. The minimum absolute atomic E-state index is 0.109. The summed E-state index contributed by atoms with van der Waals surface area (Å²) in [7, 11) is 0. The maximum Gasteiger partial charge on any atom is 0.437 e. The Morgan fingerprint density at radius 1 is 1.21 bits per heavy atom. The molecule has 1 amide bonds. The lowest BCUT2D eigenvalue weighted by Crippen LogP contribution is -2.34. The number of para-hydroxylation sites is 1. The van der Waals surface area contributed by atoms with Gasteiger partial charge in [-0.3, -0.25) is 4.79 Å². The maximum atomic E-state index is 13.7. The van der Waals surface area contributed by atoms with Gasteiger partial charge in [0.25, 0.3) is 11.9 Å². The van der Waals surface area contributed by atoms with Crippen molar-refractivity contribution in [3.8, 4) is 5.75 Å². The van der Waals surface area contributed by atoms with Crippen molar-refractivity contribution in [2.24, 2.45) is 5.92 Å². The van der Waals surface area contributed by atoms with Crippen LogP contribution in [-0.4, -0.2) is 39.5 Å². The number of amides is 1. The Bertz CT molecular complexity index is 1460. The van der Waals surface area contributed by atoms with E-state index in [2.05, 4.69) is 15.3 Å². The molecule has 0 radical (unpaired) electrons. The van der Waals surface area contributed by atoms with Crippen LogP contribution in [0.4, 0.5) is 24.9 Å². The van der Waals surface area contributed by atoms with E-state index in [9.17, 15) is 22.8 Å². The number of nitrogens with zero attached hydrogens (tertiary/aromatic N) is 4. The average Bonchev–Trinajstić information content (AvgIpc) is 3.50. The van der Waals surface area contributed by atoms with Crippen molar-refractivity contribution >= 4 is 34.6 Å². The first-order chi connectivity index (χ1) is 18.2. The van der Waals surface area contributed by atoms with Crippen molar-refractivity contribution in [3.63, 3.8) is 0 Å². The van der Waals surface area contributed by atoms with Crippen LogP contribution >= 0.6 is 0 Å². The molecule has 1 atom stereocenters. The molecule has 1 aliphatic heterocycles. The van der Waals surface area contributed by atoms with Crippen molar-refractivity contribution in [2.75, 3.05) is 23.3 Å². The van der Waals surface area contributed by atoms with E-state index in [0.717, 1.165) is 12.8 Å². The van der Waals surface area contributed by atoms with Gasteiger partial charge >= 0.3 is 12.1 Å². The summed E-state index contributed by atoms with van der Waals surface area (Å²) in [6, 6.07) is 11.6. The van der Waals surface area contributed by atoms with Gasteiger partial charge in [-0.25, -0.2) is 9.78 Å². The minimum Gasteiger partial charge on any atom is -0.425 e. The molecule has 198 valence electrons. The fourth-order valence-electron chi connectivity index (χ4n) is 4.41. The molecule has 1 unspecified atom stereocenters. The average molecular weight is 528 g/mol. The molecule has 1 saturated heterocycles. The molecule has 4 aromatic rings. The largest absolute Gasteiger partial charge is 0.437 e. The molecular formula is C26H24F3N5O4. The number of halogens is 3. The molecule has 12 heteroatoms. The molecule has 3 aromatic heterocycles. The Labute approximate surface area is 215 Å². The fourth-order valence-corrected chi connectivity index (χ4v) is 4.41. The molecule has 0 spiro atoms. The van der Waals surface area contributed by atoms with Crippen LogP contribution in [-0.2, 0) is 17.5 Å². The monoisotopic (exact) mass is 527 g/mol. The Morgan fingerprint density at radius 3 is 2.74 bits per heavy atom. The van der Waals surface area contributed by atoms with Crippen LogP contribution in [0.1, 0.15) is 36.0 Å². The van der Waals surface area contributed by atoms with Gasteiger partial charge in [-0.1, -0.05) is 25.1 Å². The zero-order valence-electron chi connectivity index (χ0n) is 20.4. The van der Waals surface area contributed by atoms with Crippen LogP contribution < -0.4 is 15.0 Å². The van der Waals surface area contributed by atoms with E-state index in [1.807, 2.05) is 6.92 Å². The number of fused-ring (bicyclic) bond motifs is 1. The number of piperidine rings is 1. The zero-order chi connectivity index (χ0) is 26.9. The van der Waals surface area contributed by atoms with Gasteiger partial charge in [0.1, 0.15) is 17.9 Å². The smallest absolute Gasteiger partial charge is 0.425 e. The molecule has 1 N–H and O–H groups in total. The Hall–Kier alpha value is -4.35. The maximum absolute atomic E-state index is 13.7. The van der Waals surface area contributed by atoms with Gasteiger partial charge in [0, 0.05) is 24.7 Å². The first-order valence-electron chi connectivity index (χ1n) is 12.0. The summed E-state index contributed by atoms with van der Waals surface area (Å²) in [5.74, 6) is -1.82. The van der Waals surface area contributed by atoms with Gasteiger partial charge < -0.3 is 23.9 Å². The molecule has 38 heavy (non-hydrogen) atoms. The number of oxazole rings is 1. The molecule has 1 aliphatic rings. The fraction of sp³-hybridized carbons (Fsp3) is 0.308. The number of esters is 1. The Balaban J connectivity index is 1.32. The summed E-state index contributed by atoms with van der Waals surface area (Å²) in [5, 5.41) is 2.98. The Morgan fingerprint density at radius 2 is 2.00 bits per heavy atom. The van der Waals surface area contributed by atoms with Crippen LogP contribution in [0.2, 0.25) is 0 Å². The van der Waals surface area contributed by atoms with Crippen molar-refractivity contribution in [1.82, 2.24) is 14.5 Å². The summed E-state index contributed by atoms with van der Waals surface area (Å²) in [6.45, 7) is 2.88. The number of carbonyl (C=O) groups is 2. The molecule has 0 aliphatic carbocycles. The minimum atomic E-state index is -4.87. The third kappa shape index (κ3) is 5.48. The van der Waals surface area contributed by atoms with Crippen LogP contribution in [0.15, 0.2) is 59.3 Å². The molecule has 1 fully saturated rings. The molecular weight excluding hydrogens is 503 g/mol. The van der Waals surface area contributed by atoms with E-state index in [0.29, 0.717) is 29.9 Å². The SMILES string of the molecule is CC1CCCN(c2nc(C(F)(F)F)c(C(=O)Nc3cnc4c(ccn4CC(=O)Oc4ccccc4)c3)o2)C1. The number of carbonyl (C=O) groups excluding carboxylic acids is 2. The summed E-state index contributed by atoms with van der Waals surface area (Å²) >= 11 is 0. The zero-order valence-corrected chi connectivity index (χ0v) is 20.4. The van der Waals surface area contributed by atoms with Gasteiger partial charge in [-0.15, -0.1) is 0 Å². The number of anilines is 2. The Kier molecular flexibility index (Phi) is 6.79. The van der Waals surface area contributed by atoms with E-state index in [-0.39, 0.29) is 24.2 Å². The van der Waals surface area contributed by atoms with Gasteiger partial charge in [0.15, 0.2) is 5.69 Å². The third-order valence-corrected chi connectivity index (χ3v) is 6.15. The number of hydrogen-bond donors (Lipinski definition) is 1. The van der Waals surface area contributed by atoms with E-state index < -0.39 is 29.5 Å². The standard InChI is InChI=1S/C26H24F3N5O4/c1-16-6-5-10-34(14-16)25-32-22(26(27,28)29)21(38-25)24(36)31-18-12-17-9-11-33(23(17)30-13-18)15-20(35)37-19-7-3-2-4-8-19/h2-4,7-9,11-13,16H,5-6,10,14-15H2,1H3,(H,31,36). The molecule has 5 rings (SSSR count). The van der Waals surface area contributed by atoms with E-state index in [1.165, 1.54) is 12.3 Å². The quantitative estimate of drug-likeness (QED) is 0.274. The first kappa shape index (κ1) is 25.3. The summed E-state index contributed by atoms with van der Waals surface area (Å²) in [4.78, 5) is 34.7. The van der Waals surface area contributed by atoms with Crippen LogP contribution in [0.3, 0.4) is 0 Å². The van der Waals surface area contributed by atoms with Crippen molar-refractivity contribution < 1.29 is 31.9 Å². The highest BCUT2D eigenvalue weighted by Crippen LogP contribution is 2.35. The number of hydrogen-bond acceptors (Lipinski definition) is 7. The number of rotatable bonds is 6. The lowest BCUT2D eigenvalue weighted by Gasteiger charge is -2.29. The van der Waals surface area contributed by atoms with E-state index >= 15 is 0 Å². The highest BCUT2D eigenvalue weighted by atomic mass is 19.4. The predicted octanol–water partition coefficient (Wildman–Crippen LogP) is 5.14. The number of aromatic nitrogens is 3. The van der Waals surface area contributed by atoms with Crippen molar-refractivity contribution in [1.29, 1.82) is 0 Å². The van der Waals surface area contributed by atoms with Gasteiger partial charge in [-0.05, 0) is 43.0 Å².